The fourth-order valence-corrected chi connectivity index (χ4v) is 6.24. The van der Waals surface area contributed by atoms with E-state index in [0.29, 0.717) is 21.9 Å². The van der Waals surface area contributed by atoms with Gasteiger partial charge in [-0.05, 0) is 59.8 Å². The van der Waals surface area contributed by atoms with Crippen LogP contribution >= 0.6 is 11.3 Å². The topological polar surface area (TPSA) is 116 Å². The predicted molar refractivity (Wildman–Crippen MR) is 127 cm³/mol. The number of nitrogens with zero attached hydrogens (tertiary/aromatic N) is 2. The molecule has 0 fully saturated rings. The van der Waals surface area contributed by atoms with Gasteiger partial charge in [-0.15, -0.1) is 11.3 Å². The number of fused-ring (bicyclic) bond motifs is 1. The van der Waals surface area contributed by atoms with E-state index >= 15 is 0 Å². The van der Waals surface area contributed by atoms with Crippen molar-refractivity contribution in [1.82, 2.24) is 9.79 Å². The Kier molecular flexibility index (Phi) is 6.71. The minimum atomic E-state index is -4.20. The molecule has 1 aliphatic heterocycles. The van der Waals surface area contributed by atoms with E-state index in [1.807, 2.05) is 12.3 Å². The van der Waals surface area contributed by atoms with Crippen molar-refractivity contribution < 1.29 is 28.0 Å². The van der Waals surface area contributed by atoms with Gasteiger partial charge in [-0.1, -0.05) is 18.2 Å². The van der Waals surface area contributed by atoms with Gasteiger partial charge < -0.3 is 9.64 Å². The highest BCUT2D eigenvalue weighted by Gasteiger charge is 2.41. The van der Waals surface area contributed by atoms with Crippen LogP contribution in [0.3, 0.4) is 0 Å². The van der Waals surface area contributed by atoms with Crippen LogP contribution < -0.4 is 15.1 Å². The number of thiophene rings is 1. The van der Waals surface area contributed by atoms with Crippen LogP contribution in [0.25, 0.3) is 0 Å². The molecule has 34 heavy (non-hydrogen) atoms. The lowest BCUT2D eigenvalue weighted by Gasteiger charge is -2.29. The normalized spacial score (nSPS) is 16.4. The maximum absolute atomic E-state index is 13.7. The third-order valence-corrected chi connectivity index (χ3v) is 8.48. The van der Waals surface area contributed by atoms with Crippen LogP contribution in [0.1, 0.15) is 20.8 Å². The van der Waals surface area contributed by atoms with Crippen molar-refractivity contribution in [3.05, 3.63) is 76.0 Å². The van der Waals surface area contributed by atoms with E-state index in [4.69, 9.17) is 4.74 Å². The highest BCUT2D eigenvalue weighted by molar-refractivity contribution is 7.89. The SMILES string of the molecule is COc1ccc(S(=O)(=O)N2Cc3ccccc3N(C(=O)c3cc(C)cs3)CC2C(=O)NO)cc1. The van der Waals surface area contributed by atoms with E-state index < -0.39 is 22.0 Å². The van der Waals surface area contributed by atoms with Crippen molar-refractivity contribution in [3.8, 4) is 5.75 Å². The van der Waals surface area contributed by atoms with E-state index in [0.717, 1.165) is 9.87 Å². The van der Waals surface area contributed by atoms with Crippen molar-refractivity contribution in [2.75, 3.05) is 18.6 Å². The van der Waals surface area contributed by atoms with Gasteiger partial charge in [0.1, 0.15) is 11.8 Å². The van der Waals surface area contributed by atoms with Gasteiger partial charge in [-0.25, -0.2) is 13.9 Å². The number of ether oxygens (including phenoxy) is 1. The number of para-hydroxylation sites is 1. The molecule has 0 saturated heterocycles. The van der Waals surface area contributed by atoms with Gasteiger partial charge in [-0.2, -0.15) is 4.31 Å². The van der Waals surface area contributed by atoms with Crippen LogP contribution in [0.4, 0.5) is 5.69 Å². The molecule has 0 aliphatic carbocycles. The number of amides is 2. The van der Waals surface area contributed by atoms with Crippen molar-refractivity contribution in [1.29, 1.82) is 0 Å². The van der Waals surface area contributed by atoms with Crippen molar-refractivity contribution in [3.63, 3.8) is 0 Å². The highest BCUT2D eigenvalue weighted by atomic mass is 32.2. The summed E-state index contributed by atoms with van der Waals surface area (Å²) >= 11 is 1.27. The average molecular weight is 502 g/mol. The highest BCUT2D eigenvalue weighted by Crippen LogP contribution is 2.33. The lowest BCUT2D eigenvalue weighted by atomic mass is 10.1. The Morgan fingerprint density at radius 3 is 2.47 bits per heavy atom. The number of sulfonamides is 1. The van der Waals surface area contributed by atoms with Crippen LogP contribution in [0, 0.1) is 6.92 Å². The smallest absolute Gasteiger partial charge is 0.268 e. The summed E-state index contributed by atoms with van der Waals surface area (Å²) in [6.45, 7) is 1.42. The Morgan fingerprint density at radius 2 is 1.85 bits per heavy atom. The predicted octanol–water partition coefficient (Wildman–Crippen LogP) is 2.79. The summed E-state index contributed by atoms with van der Waals surface area (Å²) in [5, 5.41) is 11.3. The van der Waals surface area contributed by atoms with E-state index in [1.165, 1.54) is 47.6 Å². The number of anilines is 1. The fourth-order valence-electron chi connectivity index (χ4n) is 3.84. The molecular formula is C23H23N3O6S2. The molecule has 4 rings (SSSR count). The van der Waals surface area contributed by atoms with E-state index in [1.54, 1.807) is 35.8 Å². The van der Waals surface area contributed by atoms with Gasteiger partial charge >= 0.3 is 0 Å². The molecule has 0 bridgehead atoms. The summed E-state index contributed by atoms with van der Waals surface area (Å²) in [6, 6.07) is 13.1. The van der Waals surface area contributed by atoms with E-state index in [-0.39, 0.29) is 23.9 Å². The Bertz CT molecular complexity index is 1320. The standard InChI is InChI=1S/C23H23N3O6S2/c1-15-11-21(33-14-15)23(28)25-13-20(22(27)24-29)26(12-16-5-3-4-6-19(16)25)34(30,31)18-9-7-17(32-2)8-10-18/h3-11,14,20,29H,12-13H2,1-2H3,(H,24,27). The number of aryl methyl sites for hydroxylation is 1. The first-order chi connectivity index (χ1) is 16.3. The van der Waals surface area contributed by atoms with E-state index in [9.17, 15) is 23.2 Å². The number of methoxy groups -OCH3 is 1. The second-order valence-electron chi connectivity index (χ2n) is 7.75. The second kappa shape index (κ2) is 9.55. The number of carbonyl (C=O) groups is 2. The molecule has 1 aliphatic rings. The lowest BCUT2D eigenvalue weighted by molar-refractivity contribution is -0.133. The minimum Gasteiger partial charge on any atom is -0.497 e. The first kappa shape index (κ1) is 23.9. The summed E-state index contributed by atoms with van der Waals surface area (Å²) in [4.78, 5) is 28.0. The molecule has 2 heterocycles. The fraction of sp³-hybridized carbons (Fsp3) is 0.217. The third kappa shape index (κ3) is 4.42. The zero-order chi connectivity index (χ0) is 24.5. The van der Waals surface area contributed by atoms with Crippen molar-refractivity contribution >= 4 is 38.9 Å². The molecule has 2 N–H and O–H groups in total. The number of hydroxylamine groups is 1. The minimum absolute atomic E-state index is 0.0461. The molecule has 2 aromatic carbocycles. The largest absolute Gasteiger partial charge is 0.497 e. The zero-order valence-corrected chi connectivity index (χ0v) is 20.1. The van der Waals surface area contributed by atoms with Crippen LogP contribution in [0.15, 0.2) is 64.9 Å². The van der Waals surface area contributed by atoms with Gasteiger partial charge in [0.15, 0.2) is 0 Å². The zero-order valence-electron chi connectivity index (χ0n) is 18.5. The Morgan fingerprint density at radius 1 is 1.15 bits per heavy atom. The maximum atomic E-state index is 13.7. The first-order valence-corrected chi connectivity index (χ1v) is 12.6. The molecule has 0 saturated carbocycles. The van der Waals surface area contributed by atoms with Gasteiger partial charge in [-0.3, -0.25) is 14.8 Å². The summed E-state index contributed by atoms with van der Waals surface area (Å²) < 4.78 is 33.4. The van der Waals surface area contributed by atoms with Crippen molar-refractivity contribution in [2.45, 2.75) is 24.4 Å². The van der Waals surface area contributed by atoms with E-state index in [2.05, 4.69) is 0 Å². The van der Waals surface area contributed by atoms with Gasteiger partial charge in [0, 0.05) is 12.2 Å². The number of hydrogen-bond acceptors (Lipinski definition) is 7. The number of nitrogens with one attached hydrogen (secondary N) is 1. The average Bonchev–Trinajstić information content (AvgIpc) is 3.20. The lowest BCUT2D eigenvalue weighted by Crippen LogP contribution is -2.53. The summed E-state index contributed by atoms with van der Waals surface area (Å²) in [5.41, 5.74) is 3.54. The van der Waals surface area contributed by atoms with Gasteiger partial charge in [0.25, 0.3) is 11.8 Å². The number of rotatable bonds is 5. The maximum Gasteiger partial charge on any atom is 0.268 e. The molecule has 1 atom stereocenters. The Balaban J connectivity index is 1.82. The Labute approximate surface area is 201 Å². The van der Waals surface area contributed by atoms with Gasteiger partial charge in [0.2, 0.25) is 10.0 Å². The first-order valence-electron chi connectivity index (χ1n) is 10.3. The molecule has 2 amide bonds. The quantitative estimate of drug-likeness (QED) is 0.410. The van der Waals surface area contributed by atoms with Crippen molar-refractivity contribution in [2.24, 2.45) is 0 Å². The summed E-state index contributed by atoms with van der Waals surface area (Å²) in [6.07, 6.45) is 0. The van der Waals surface area contributed by atoms with Crippen LogP contribution in [0.5, 0.6) is 5.75 Å². The summed E-state index contributed by atoms with van der Waals surface area (Å²) in [5.74, 6) is -0.817. The molecular weight excluding hydrogens is 478 g/mol. The number of benzene rings is 2. The molecule has 1 aromatic heterocycles. The Hall–Kier alpha value is -3.25. The molecule has 178 valence electrons. The molecule has 3 aromatic rings. The van der Waals surface area contributed by atoms with Crippen LogP contribution in [-0.4, -0.2) is 49.4 Å². The molecule has 0 radical (unpaired) electrons. The summed E-state index contributed by atoms with van der Waals surface area (Å²) in [7, 11) is -2.73. The third-order valence-electron chi connectivity index (χ3n) is 5.58. The number of carbonyl (C=O) groups excluding carboxylic acids is 2. The second-order valence-corrected chi connectivity index (χ2v) is 10.6. The molecule has 0 spiro atoms. The monoisotopic (exact) mass is 501 g/mol. The molecule has 11 heteroatoms. The molecule has 1 unspecified atom stereocenters. The molecule has 9 nitrogen and oxygen atoms in total. The van der Waals surface area contributed by atoms with Gasteiger partial charge in [0.05, 0.1) is 23.4 Å². The number of hydrogen-bond donors (Lipinski definition) is 2. The van der Waals surface area contributed by atoms with Crippen LogP contribution in [-0.2, 0) is 21.4 Å². The van der Waals surface area contributed by atoms with Crippen LogP contribution in [0.2, 0.25) is 0 Å².